The first kappa shape index (κ1) is 20.1. The number of carbonyl (C=O) groups excluding carboxylic acids is 1. The van der Waals surface area contributed by atoms with E-state index in [2.05, 4.69) is 15.3 Å². The van der Waals surface area contributed by atoms with Crippen molar-refractivity contribution in [2.24, 2.45) is 10.7 Å². The highest BCUT2D eigenvalue weighted by Gasteiger charge is 2.42. The monoisotopic (exact) mass is 403 g/mol. The lowest BCUT2D eigenvalue weighted by Gasteiger charge is -2.35. The van der Waals surface area contributed by atoms with Gasteiger partial charge in [0.2, 0.25) is 0 Å². The third kappa shape index (κ3) is 4.13. The van der Waals surface area contributed by atoms with Gasteiger partial charge in [-0.15, -0.1) is 0 Å². The number of aromatic nitrogens is 1. The van der Waals surface area contributed by atoms with Crippen molar-refractivity contribution in [2.75, 3.05) is 18.7 Å². The maximum atomic E-state index is 14.5. The minimum absolute atomic E-state index is 0.0286. The highest BCUT2D eigenvalue weighted by Crippen LogP contribution is 2.38. The van der Waals surface area contributed by atoms with Gasteiger partial charge in [0, 0.05) is 23.9 Å². The molecule has 0 saturated carbocycles. The molecule has 0 radical (unpaired) electrons. The number of halogens is 3. The van der Waals surface area contributed by atoms with Crippen molar-refractivity contribution >= 4 is 17.6 Å². The molecule has 2 aromatic rings. The van der Waals surface area contributed by atoms with Crippen LogP contribution >= 0.6 is 0 Å². The molecule has 10 heteroatoms. The van der Waals surface area contributed by atoms with Gasteiger partial charge in [-0.2, -0.15) is 5.26 Å². The zero-order chi connectivity index (χ0) is 21.0. The molecular formula is C19H16F3N5O2. The van der Waals surface area contributed by atoms with Crippen LogP contribution in [-0.4, -0.2) is 36.4 Å². The molecule has 0 bridgehead atoms. The second kappa shape index (κ2) is 8.18. The van der Waals surface area contributed by atoms with Gasteiger partial charge in [-0.1, -0.05) is 0 Å². The third-order valence-electron chi connectivity index (χ3n) is 4.42. The molecule has 1 aromatic carbocycles. The van der Waals surface area contributed by atoms with Gasteiger partial charge in [-0.25, -0.2) is 23.1 Å². The van der Waals surface area contributed by atoms with Gasteiger partial charge in [0.25, 0.3) is 11.9 Å². The van der Waals surface area contributed by atoms with Crippen LogP contribution in [0, 0.1) is 17.1 Å². The van der Waals surface area contributed by atoms with Crippen molar-refractivity contribution in [2.45, 2.75) is 18.1 Å². The van der Waals surface area contributed by atoms with Gasteiger partial charge in [0.05, 0.1) is 5.56 Å². The van der Waals surface area contributed by atoms with Crippen LogP contribution in [0.4, 0.5) is 18.9 Å². The summed E-state index contributed by atoms with van der Waals surface area (Å²) in [7, 11) is 0. The first-order chi connectivity index (χ1) is 13.9. The number of amides is 1. The van der Waals surface area contributed by atoms with Crippen LogP contribution in [0.1, 0.15) is 28.0 Å². The lowest BCUT2D eigenvalue weighted by Crippen LogP contribution is -2.43. The Labute approximate surface area is 164 Å². The van der Waals surface area contributed by atoms with E-state index in [1.165, 1.54) is 30.5 Å². The van der Waals surface area contributed by atoms with Gasteiger partial charge in [-0.05, 0) is 30.3 Å². The maximum Gasteiger partial charge on any atom is 0.283 e. The number of rotatable bonds is 5. The number of hydrogen-bond donors (Lipinski definition) is 2. The largest absolute Gasteiger partial charge is 0.459 e. The Morgan fingerprint density at radius 1 is 1.38 bits per heavy atom. The zero-order valence-corrected chi connectivity index (χ0v) is 15.0. The highest BCUT2D eigenvalue weighted by atomic mass is 19.1. The summed E-state index contributed by atoms with van der Waals surface area (Å²) in [5.41, 5.74) is 4.05. The van der Waals surface area contributed by atoms with E-state index in [-0.39, 0.29) is 28.9 Å². The van der Waals surface area contributed by atoms with Gasteiger partial charge in [0.1, 0.15) is 42.6 Å². The van der Waals surface area contributed by atoms with Crippen LogP contribution in [-0.2, 0) is 10.3 Å². The molecule has 1 aliphatic rings. The number of pyridine rings is 1. The van der Waals surface area contributed by atoms with Crippen LogP contribution in [0.5, 0.6) is 0 Å². The van der Waals surface area contributed by atoms with Crippen LogP contribution < -0.4 is 11.1 Å². The topological polar surface area (TPSA) is 113 Å². The van der Waals surface area contributed by atoms with Gasteiger partial charge < -0.3 is 15.8 Å². The number of alkyl halides is 2. The van der Waals surface area contributed by atoms with Crippen LogP contribution in [0.2, 0.25) is 0 Å². The van der Waals surface area contributed by atoms with Crippen LogP contribution in [0.15, 0.2) is 41.5 Å². The van der Waals surface area contributed by atoms with Crippen molar-refractivity contribution in [3.63, 3.8) is 0 Å². The number of benzene rings is 1. The molecule has 0 fully saturated rings. The number of nitrogens with zero attached hydrogens (tertiary/aromatic N) is 3. The van der Waals surface area contributed by atoms with E-state index in [0.29, 0.717) is 0 Å². The van der Waals surface area contributed by atoms with Gasteiger partial charge in [-0.3, -0.25) is 4.79 Å². The van der Waals surface area contributed by atoms with Gasteiger partial charge >= 0.3 is 0 Å². The summed E-state index contributed by atoms with van der Waals surface area (Å²) in [6, 6.07) is 7.77. The maximum absolute atomic E-state index is 14.5. The third-order valence-corrected chi connectivity index (χ3v) is 4.42. The van der Waals surface area contributed by atoms with E-state index < -0.39 is 42.7 Å². The molecule has 3 rings (SSSR count). The fraction of sp³-hybridized carbons (Fsp3) is 0.263. The van der Waals surface area contributed by atoms with E-state index in [1.54, 1.807) is 0 Å². The van der Waals surface area contributed by atoms with E-state index >= 15 is 0 Å². The molecule has 0 spiro atoms. The first-order valence-electron chi connectivity index (χ1n) is 8.52. The van der Waals surface area contributed by atoms with E-state index in [9.17, 15) is 18.0 Å². The lowest BCUT2D eigenvalue weighted by atomic mass is 9.85. The fourth-order valence-corrected chi connectivity index (χ4v) is 3.03. The standard InChI is InChI=1S/C19H16F3N5O2/c20-7-13-6-19(10-21,27-18(24)29-13)14-5-12(2-3-15(14)22)26-17(28)16-4-1-11(8-23)9-25-16/h1-5,9,13H,6-7,10H2,(H2,24,27)(H,26,28)/t13-,19-/m1/s1. The van der Waals surface area contributed by atoms with E-state index in [1.807, 2.05) is 6.07 Å². The molecule has 29 heavy (non-hydrogen) atoms. The van der Waals surface area contributed by atoms with E-state index in [0.717, 1.165) is 6.07 Å². The Balaban J connectivity index is 1.92. The Morgan fingerprint density at radius 2 is 2.17 bits per heavy atom. The fourth-order valence-electron chi connectivity index (χ4n) is 3.03. The summed E-state index contributed by atoms with van der Waals surface area (Å²) < 4.78 is 46.6. The Hall–Kier alpha value is -3.61. The molecule has 0 aliphatic carbocycles. The summed E-state index contributed by atoms with van der Waals surface area (Å²) in [6.45, 7) is -2.08. The van der Waals surface area contributed by atoms with Crippen LogP contribution in [0.3, 0.4) is 0 Å². The second-order valence-corrected chi connectivity index (χ2v) is 6.41. The Morgan fingerprint density at radius 3 is 2.79 bits per heavy atom. The number of carbonyl (C=O) groups is 1. The minimum Gasteiger partial charge on any atom is -0.459 e. The SMILES string of the molecule is N#Cc1ccc(C(=O)Nc2ccc(F)c([C@]3(CF)C[C@H](CF)OC(N)=N3)c2)nc1. The molecule has 2 heterocycles. The number of nitriles is 1. The van der Waals surface area contributed by atoms with Crippen molar-refractivity contribution in [3.05, 3.63) is 59.2 Å². The summed E-state index contributed by atoms with van der Waals surface area (Å²) >= 11 is 0. The molecule has 1 aromatic heterocycles. The Kier molecular flexibility index (Phi) is 5.68. The number of hydrogen-bond acceptors (Lipinski definition) is 6. The number of anilines is 1. The second-order valence-electron chi connectivity index (χ2n) is 6.41. The summed E-state index contributed by atoms with van der Waals surface area (Å²) in [5, 5.41) is 11.3. The molecule has 1 amide bonds. The molecule has 0 saturated heterocycles. The molecule has 3 N–H and O–H groups in total. The number of ether oxygens (including phenoxy) is 1. The predicted molar refractivity (Wildman–Crippen MR) is 98.0 cm³/mol. The highest BCUT2D eigenvalue weighted by molar-refractivity contribution is 6.02. The van der Waals surface area contributed by atoms with Gasteiger partial charge in [0.15, 0.2) is 0 Å². The van der Waals surface area contributed by atoms with Crippen molar-refractivity contribution in [3.8, 4) is 6.07 Å². The molecule has 1 aliphatic heterocycles. The molecule has 7 nitrogen and oxygen atoms in total. The zero-order valence-electron chi connectivity index (χ0n) is 15.0. The number of nitrogens with one attached hydrogen (secondary N) is 1. The number of nitrogens with two attached hydrogens (primary N) is 1. The van der Waals surface area contributed by atoms with Crippen molar-refractivity contribution in [1.82, 2.24) is 4.98 Å². The number of aliphatic imine (C=N–C) groups is 1. The smallest absolute Gasteiger partial charge is 0.283 e. The quantitative estimate of drug-likeness (QED) is 0.797. The minimum atomic E-state index is -1.77. The molecule has 2 atom stereocenters. The lowest BCUT2D eigenvalue weighted by molar-refractivity contribution is 0.0781. The average molecular weight is 403 g/mol. The summed E-state index contributed by atoms with van der Waals surface area (Å²) in [5.74, 6) is -1.40. The predicted octanol–water partition coefficient (Wildman–Crippen LogP) is 2.58. The summed E-state index contributed by atoms with van der Waals surface area (Å²) in [4.78, 5) is 20.1. The first-order valence-corrected chi connectivity index (χ1v) is 8.52. The Bertz CT molecular complexity index is 990. The average Bonchev–Trinajstić information content (AvgIpc) is 2.74. The summed E-state index contributed by atoms with van der Waals surface area (Å²) in [6.07, 6.45) is -0.0879. The van der Waals surface area contributed by atoms with Crippen molar-refractivity contribution in [1.29, 1.82) is 5.26 Å². The van der Waals surface area contributed by atoms with Crippen LogP contribution in [0.25, 0.3) is 0 Å². The normalized spacial score (nSPS) is 20.9. The molecule has 0 unspecified atom stereocenters. The number of amidine groups is 1. The van der Waals surface area contributed by atoms with Crippen molar-refractivity contribution < 1.29 is 22.7 Å². The van der Waals surface area contributed by atoms with E-state index in [4.69, 9.17) is 15.7 Å². The molecular weight excluding hydrogens is 387 g/mol. The molecule has 150 valence electrons.